The molecule has 2 fully saturated rings. The summed E-state index contributed by atoms with van der Waals surface area (Å²) < 4.78 is 0. The molecule has 0 radical (unpaired) electrons. The zero-order valence-corrected chi connectivity index (χ0v) is 14.3. The molecule has 0 N–H and O–H groups in total. The quantitative estimate of drug-likeness (QED) is 0.736. The van der Waals surface area contributed by atoms with Gasteiger partial charge in [-0.3, -0.25) is 4.84 Å². The van der Waals surface area contributed by atoms with Crippen molar-refractivity contribution < 1.29 is 4.84 Å². The standard InChI is InChI=1S/C22H27NO/c1-4-10-18(11-5-1)17-23-21(19-12-6-2-7-13-19)16-22(24-23)20-14-8-3-9-15-20/h1,3-5,8-11,14-15,19,21-22H,2,6-7,12-13,16-17H2/t21-,22+/m0/s1. The van der Waals surface area contributed by atoms with E-state index < -0.39 is 0 Å². The van der Waals surface area contributed by atoms with Gasteiger partial charge in [-0.15, -0.1) is 0 Å². The van der Waals surface area contributed by atoms with E-state index in [2.05, 4.69) is 65.7 Å². The zero-order chi connectivity index (χ0) is 16.2. The van der Waals surface area contributed by atoms with Crippen LogP contribution in [0.1, 0.15) is 55.8 Å². The van der Waals surface area contributed by atoms with Gasteiger partial charge in [0.15, 0.2) is 0 Å². The van der Waals surface area contributed by atoms with Gasteiger partial charge in [0.05, 0.1) is 0 Å². The van der Waals surface area contributed by atoms with Crippen molar-refractivity contribution in [1.29, 1.82) is 0 Å². The molecule has 126 valence electrons. The Morgan fingerprint density at radius 3 is 2.21 bits per heavy atom. The van der Waals surface area contributed by atoms with Crippen LogP contribution in [-0.4, -0.2) is 11.1 Å². The third-order valence-electron chi connectivity index (χ3n) is 5.63. The Balaban J connectivity index is 1.53. The summed E-state index contributed by atoms with van der Waals surface area (Å²) in [7, 11) is 0. The van der Waals surface area contributed by atoms with E-state index in [0.29, 0.717) is 6.04 Å². The first kappa shape index (κ1) is 15.9. The van der Waals surface area contributed by atoms with Crippen LogP contribution in [-0.2, 0) is 11.4 Å². The highest BCUT2D eigenvalue weighted by Gasteiger charge is 2.39. The summed E-state index contributed by atoms with van der Waals surface area (Å²) in [5, 5.41) is 2.29. The summed E-state index contributed by atoms with van der Waals surface area (Å²) in [4.78, 5) is 6.45. The van der Waals surface area contributed by atoms with Crippen molar-refractivity contribution in [2.45, 2.75) is 57.2 Å². The summed E-state index contributed by atoms with van der Waals surface area (Å²) >= 11 is 0. The van der Waals surface area contributed by atoms with E-state index >= 15 is 0 Å². The van der Waals surface area contributed by atoms with E-state index in [9.17, 15) is 0 Å². The van der Waals surface area contributed by atoms with Crippen LogP contribution in [0.4, 0.5) is 0 Å². The third-order valence-corrected chi connectivity index (χ3v) is 5.63. The molecule has 0 spiro atoms. The lowest BCUT2D eigenvalue weighted by molar-refractivity contribution is -0.180. The molecule has 2 aromatic carbocycles. The fourth-order valence-electron chi connectivity index (χ4n) is 4.35. The largest absolute Gasteiger partial charge is 0.290 e. The normalized spacial score (nSPS) is 25.8. The van der Waals surface area contributed by atoms with Crippen LogP contribution < -0.4 is 0 Å². The van der Waals surface area contributed by atoms with Gasteiger partial charge < -0.3 is 0 Å². The molecule has 1 saturated carbocycles. The Morgan fingerprint density at radius 1 is 0.833 bits per heavy atom. The maximum absolute atomic E-state index is 6.45. The summed E-state index contributed by atoms with van der Waals surface area (Å²) in [6, 6.07) is 22.0. The average molecular weight is 321 g/mol. The highest BCUT2D eigenvalue weighted by molar-refractivity contribution is 5.19. The van der Waals surface area contributed by atoms with Crippen molar-refractivity contribution in [2.75, 3.05) is 0 Å². The van der Waals surface area contributed by atoms with Crippen molar-refractivity contribution in [1.82, 2.24) is 5.06 Å². The van der Waals surface area contributed by atoms with Gasteiger partial charge in [0.1, 0.15) is 6.10 Å². The number of rotatable bonds is 4. The molecule has 1 saturated heterocycles. The van der Waals surface area contributed by atoms with Crippen molar-refractivity contribution >= 4 is 0 Å². The minimum atomic E-state index is 0.210. The van der Waals surface area contributed by atoms with Crippen molar-refractivity contribution in [3.8, 4) is 0 Å². The molecule has 0 amide bonds. The minimum Gasteiger partial charge on any atom is -0.290 e. The lowest BCUT2D eigenvalue weighted by Gasteiger charge is -2.32. The Morgan fingerprint density at radius 2 is 1.50 bits per heavy atom. The third kappa shape index (κ3) is 3.55. The Hall–Kier alpha value is -1.64. The smallest absolute Gasteiger partial charge is 0.106 e. The molecule has 2 atom stereocenters. The topological polar surface area (TPSA) is 12.5 Å². The van der Waals surface area contributed by atoms with Gasteiger partial charge in [-0.2, -0.15) is 5.06 Å². The number of benzene rings is 2. The molecule has 2 aliphatic rings. The first-order valence-corrected chi connectivity index (χ1v) is 9.42. The molecular formula is C22H27NO. The lowest BCUT2D eigenvalue weighted by Crippen LogP contribution is -2.35. The molecule has 4 rings (SSSR count). The minimum absolute atomic E-state index is 0.210. The van der Waals surface area contributed by atoms with Gasteiger partial charge in [0.2, 0.25) is 0 Å². The van der Waals surface area contributed by atoms with Crippen molar-refractivity contribution in [3.63, 3.8) is 0 Å². The molecule has 2 aromatic rings. The van der Waals surface area contributed by atoms with E-state index in [1.54, 1.807) is 0 Å². The monoisotopic (exact) mass is 321 g/mol. The lowest BCUT2D eigenvalue weighted by atomic mass is 9.81. The number of nitrogens with zero attached hydrogens (tertiary/aromatic N) is 1. The van der Waals surface area contributed by atoms with Gasteiger partial charge in [-0.25, -0.2) is 0 Å². The first-order chi connectivity index (χ1) is 11.9. The van der Waals surface area contributed by atoms with E-state index in [1.807, 2.05) is 0 Å². The Bertz CT molecular complexity index is 621. The van der Waals surface area contributed by atoms with Gasteiger partial charge in [-0.05, 0) is 36.3 Å². The first-order valence-electron chi connectivity index (χ1n) is 9.42. The van der Waals surface area contributed by atoms with Gasteiger partial charge in [-0.1, -0.05) is 79.9 Å². The van der Waals surface area contributed by atoms with E-state index in [1.165, 1.54) is 43.2 Å². The molecule has 0 unspecified atom stereocenters. The van der Waals surface area contributed by atoms with E-state index in [4.69, 9.17) is 4.84 Å². The van der Waals surface area contributed by atoms with Crippen molar-refractivity contribution in [2.24, 2.45) is 5.92 Å². The molecule has 2 heteroatoms. The average Bonchev–Trinajstić information content (AvgIpc) is 3.08. The van der Waals surface area contributed by atoms with Crippen LogP contribution in [0.25, 0.3) is 0 Å². The predicted molar refractivity (Wildman–Crippen MR) is 97.2 cm³/mol. The second-order valence-electron chi connectivity index (χ2n) is 7.27. The van der Waals surface area contributed by atoms with Crippen LogP contribution in [0.15, 0.2) is 60.7 Å². The maximum atomic E-state index is 6.45. The van der Waals surface area contributed by atoms with E-state index in [0.717, 1.165) is 18.9 Å². The number of hydroxylamine groups is 2. The van der Waals surface area contributed by atoms with Crippen LogP contribution in [0.2, 0.25) is 0 Å². The SMILES string of the molecule is c1ccc(CN2O[C@@H](c3ccccc3)C[C@H]2C2CCCCC2)cc1. The molecule has 1 aliphatic heterocycles. The fraction of sp³-hybridized carbons (Fsp3) is 0.455. The molecule has 0 aromatic heterocycles. The molecule has 2 nitrogen and oxygen atoms in total. The number of hydrogen-bond acceptors (Lipinski definition) is 2. The van der Waals surface area contributed by atoms with E-state index in [-0.39, 0.29) is 6.10 Å². The van der Waals surface area contributed by atoms with Crippen molar-refractivity contribution in [3.05, 3.63) is 71.8 Å². The highest BCUT2D eigenvalue weighted by Crippen LogP contribution is 2.41. The molecular weight excluding hydrogens is 294 g/mol. The second kappa shape index (κ2) is 7.50. The van der Waals surface area contributed by atoms with Crippen LogP contribution >= 0.6 is 0 Å². The summed E-state index contributed by atoms with van der Waals surface area (Å²) in [6.07, 6.45) is 8.24. The fourth-order valence-corrected chi connectivity index (χ4v) is 4.35. The zero-order valence-electron chi connectivity index (χ0n) is 14.3. The molecule has 1 aliphatic carbocycles. The molecule has 1 heterocycles. The predicted octanol–water partition coefficient (Wildman–Crippen LogP) is 5.51. The molecule has 24 heavy (non-hydrogen) atoms. The Kier molecular flexibility index (Phi) is 4.96. The van der Waals surface area contributed by atoms with Gasteiger partial charge >= 0.3 is 0 Å². The summed E-state index contributed by atoms with van der Waals surface area (Å²) in [6.45, 7) is 0.894. The summed E-state index contributed by atoms with van der Waals surface area (Å²) in [5.41, 5.74) is 2.65. The maximum Gasteiger partial charge on any atom is 0.106 e. The highest BCUT2D eigenvalue weighted by atomic mass is 16.7. The van der Waals surface area contributed by atoms with Crippen LogP contribution in [0.3, 0.4) is 0 Å². The van der Waals surface area contributed by atoms with Gasteiger partial charge in [0, 0.05) is 12.6 Å². The number of hydrogen-bond donors (Lipinski definition) is 0. The van der Waals surface area contributed by atoms with Crippen LogP contribution in [0, 0.1) is 5.92 Å². The van der Waals surface area contributed by atoms with Gasteiger partial charge in [0.25, 0.3) is 0 Å². The Labute approximate surface area is 145 Å². The summed E-state index contributed by atoms with van der Waals surface area (Å²) in [5.74, 6) is 0.788. The molecule has 0 bridgehead atoms. The second-order valence-corrected chi connectivity index (χ2v) is 7.27. The van der Waals surface area contributed by atoms with Crippen LogP contribution in [0.5, 0.6) is 0 Å².